The van der Waals surface area contributed by atoms with Crippen LogP contribution in [0.5, 0.6) is 0 Å². The number of aryl methyl sites for hydroxylation is 2. The number of hydrogen-bond donors (Lipinski definition) is 2. The lowest BCUT2D eigenvalue weighted by molar-refractivity contribution is -0.138. The maximum Gasteiger partial charge on any atom is 0.344 e. The number of imide groups is 1. The highest BCUT2D eigenvalue weighted by Gasteiger charge is 2.48. The van der Waals surface area contributed by atoms with Gasteiger partial charge >= 0.3 is 6.03 Å². The number of nitrogens with one attached hydrogen (secondary N) is 2. The molecule has 8 nitrogen and oxygen atoms in total. The molecule has 0 spiro atoms. The van der Waals surface area contributed by atoms with Gasteiger partial charge in [-0.25, -0.2) is 9.78 Å². The van der Waals surface area contributed by atoms with E-state index in [0.717, 1.165) is 40.0 Å². The van der Waals surface area contributed by atoms with Crippen LogP contribution in [-0.2, 0) is 16.0 Å². The number of hydrogen-bond acceptors (Lipinski definition) is 5. The monoisotopic (exact) mass is 483 g/mol. The van der Waals surface area contributed by atoms with Crippen molar-refractivity contribution in [1.82, 2.24) is 25.3 Å². The Labute approximate surface area is 204 Å². The molecule has 1 atom stereocenters. The van der Waals surface area contributed by atoms with Gasteiger partial charge in [-0.3, -0.25) is 15.0 Å². The van der Waals surface area contributed by atoms with Crippen LogP contribution < -0.4 is 10.7 Å². The maximum atomic E-state index is 13.0. The molecule has 2 heterocycles. The Morgan fingerprint density at radius 2 is 1.88 bits per heavy atom. The van der Waals surface area contributed by atoms with Gasteiger partial charge in [0, 0.05) is 11.7 Å². The molecule has 182 valence electrons. The van der Waals surface area contributed by atoms with E-state index in [2.05, 4.69) is 27.2 Å². The topological polar surface area (TPSA) is 96.3 Å². The Morgan fingerprint density at radius 1 is 1.18 bits per heavy atom. The Bertz CT molecular complexity index is 1060. The van der Waals surface area contributed by atoms with Crippen LogP contribution in [0.4, 0.5) is 4.79 Å². The molecule has 1 saturated heterocycles. The van der Waals surface area contributed by atoms with Gasteiger partial charge < -0.3 is 9.88 Å². The zero-order valence-electron chi connectivity index (χ0n) is 20.1. The van der Waals surface area contributed by atoms with E-state index in [9.17, 15) is 14.4 Å². The number of rotatable bonds is 8. The first-order valence-corrected chi connectivity index (χ1v) is 13.0. The average Bonchev–Trinajstić information content (AvgIpc) is 3.24. The lowest BCUT2D eigenvalue weighted by Gasteiger charge is -2.26. The van der Waals surface area contributed by atoms with Crippen LogP contribution in [-0.4, -0.2) is 43.7 Å². The minimum Gasteiger partial charge on any atom is -0.322 e. The first kappa shape index (κ1) is 24.3. The van der Waals surface area contributed by atoms with E-state index >= 15 is 0 Å². The van der Waals surface area contributed by atoms with E-state index in [0.29, 0.717) is 18.9 Å². The van der Waals surface area contributed by atoms with Crippen molar-refractivity contribution in [2.45, 2.75) is 82.5 Å². The van der Waals surface area contributed by atoms with Gasteiger partial charge in [0.15, 0.2) is 5.16 Å². The molecule has 0 bridgehead atoms. The molecule has 1 aromatic carbocycles. The summed E-state index contributed by atoms with van der Waals surface area (Å²) in [7, 11) is 0. The fourth-order valence-electron chi connectivity index (χ4n) is 4.75. The molecule has 0 radical (unpaired) electrons. The average molecular weight is 484 g/mol. The van der Waals surface area contributed by atoms with Crippen molar-refractivity contribution in [3.63, 3.8) is 0 Å². The maximum absolute atomic E-state index is 13.0. The Balaban J connectivity index is 1.36. The van der Waals surface area contributed by atoms with Crippen molar-refractivity contribution in [3.8, 4) is 0 Å². The van der Waals surface area contributed by atoms with Crippen LogP contribution in [0, 0.1) is 13.8 Å². The van der Waals surface area contributed by atoms with Gasteiger partial charge in [-0.2, -0.15) is 5.01 Å². The normalized spacial score (nSPS) is 21.1. The third-order valence-electron chi connectivity index (χ3n) is 6.88. The molecule has 1 aromatic heterocycles. The second-order valence-electron chi connectivity index (χ2n) is 9.44. The predicted molar refractivity (Wildman–Crippen MR) is 131 cm³/mol. The number of thioether (sulfide) groups is 1. The number of urea groups is 1. The van der Waals surface area contributed by atoms with Crippen molar-refractivity contribution in [1.29, 1.82) is 0 Å². The molecular formula is C25H33N5O3S. The minimum atomic E-state index is -1.06. The van der Waals surface area contributed by atoms with Gasteiger partial charge in [-0.05, 0) is 52.0 Å². The summed E-state index contributed by atoms with van der Waals surface area (Å²) in [6, 6.07) is 9.61. The third-order valence-corrected chi connectivity index (χ3v) is 7.83. The number of amides is 4. The van der Waals surface area contributed by atoms with Gasteiger partial charge in [0.1, 0.15) is 5.54 Å². The van der Waals surface area contributed by atoms with Crippen molar-refractivity contribution in [2.24, 2.45) is 0 Å². The van der Waals surface area contributed by atoms with Gasteiger partial charge in [0.05, 0.1) is 11.4 Å². The molecule has 34 heavy (non-hydrogen) atoms. The number of carbonyl (C=O) groups excluding carboxylic acids is 3. The SMILES string of the molecule is Cc1nc(SCC(=O)NN2C(=O)N[C@](C)(CCc3ccccc3)C2=O)n(C2CCCCC2)c1C. The molecule has 2 aliphatic rings. The summed E-state index contributed by atoms with van der Waals surface area (Å²) in [6.45, 7) is 5.76. The van der Waals surface area contributed by atoms with Gasteiger partial charge in [-0.1, -0.05) is 61.4 Å². The largest absolute Gasteiger partial charge is 0.344 e. The van der Waals surface area contributed by atoms with Crippen molar-refractivity contribution in [3.05, 3.63) is 47.3 Å². The lowest BCUT2D eigenvalue weighted by atomic mass is 9.93. The van der Waals surface area contributed by atoms with Gasteiger partial charge in [0.25, 0.3) is 5.91 Å². The summed E-state index contributed by atoms with van der Waals surface area (Å²) in [6.07, 6.45) is 7.02. The van der Waals surface area contributed by atoms with Crippen molar-refractivity contribution in [2.75, 3.05) is 5.75 Å². The number of carbonyl (C=O) groups is 3. The second-order valence-corrected chi connectivity index (χ2v) is 10.4. The summed E-state index contributed by atoms with van der Waals surface area (Å²) in [5, 5.41) is 4.38. The molecule has 2 N–H and O–H groups in total. The zero-order chi connectivity index (χ0) is 24.3. The predicted octanol–water partition coefficient (Wildman–Crippen LogP) is 4.07. The number of aromatic nitrogens is 2. The zero-order valence-corrected chi connectivity index (χ0v) is 20.9. The Hall–Kier alpha value is -2.81. The molecule has 2 fully saturated rings. The molecule has 4 rings (SSSR count). The van der Waals surface area contributed by atoms with Gasteiger partial charge in [0.2, 0.25) is 5.91 Å². The number of nitrogens with zero attached hydrogens (tertiary/aromatic N) is 3. The fraction of sp³-hybridized carbons (Fsp3) is 0.520. The van der Waals surface area contributed by atoms with Gasteiger partial charge in [-0.15, -0.1) is 0 Å². The van der Waals surface area contributed by atoms with E-state index < -0.39 is 23.4 Å². The summed E-state index contributed by atoms with van der Waals surface area (Å²) < 4.78 is 2.26. The van der Waals surface area contributed by atoms with Crippen LogP contribution in [0.2, 0.25) is 0 Å². The standard InChI is InChI=1S/C25H33N5O3S/c1-17-18(2)29(20-12-8-5-9-13-20)24(26-17)34-16-21(31)28-30-22(32)25(3,27-23(30)33)15-14-19-10-6-4-7-11-19/h4,6-7,10-11,20H,5,8-9,12-16H2,1-3H3,(H,27,33)(H,28,31)/t25-/m1/s1. The van der Waals surface area contributed by atoms with E-state index in [-0.39, 0.29) is 5.75 Å². The molecule has 1 aliphatic carbocycles. The molecule has 1 saturated carbocycles. The minimum absolute atomic E-state index is 0.0698. The summed E-state index contributed by atoms with van der Waals surface area (Å²) in [4.78, 5) is 42.8. The summed E-state index contributed by atoms with van der Waals surface area (Å²) in [5.41, 5.74) is 4.63. The van der Waals surface area contributed by atoms with Crippen LogP contribution in [0.1, 0.15) is 68.4 Å². The quantitative estimate of drug-likeness (QED) is 0.436. The summed E-state index contributed by atoms with van der Waals surface area (Å²) in [5.74, 6) is -0.781. The van der Waals surface area contributed by atoms with E-state index in [1.807, 2.05) is 37.3 Å². The van der Waals surface area contributed by atoms with Crippen LogP contribution >= 0.6 is 11.8 Å². The van der Waals surface area contributed by atoms with Crippen LogP contribution in [0.3, 0.4) is 0 Å². The smallest absolute Gasteiger partial charge is 0.322 e. The molecule has 9 heteroatoms. The molecule has 0 unspecified atom stereocenters. The Kier molecular flexibility index (Phi) is 7.30. The fourth-order valence-corrected chi connectivity index (χ4v) is 5.70. The third kappa shape index (κ3) is 5.14. The second kappa shape index (κ2) is 10.2. The van der Waals surface area contributed by atoms with Crippen LogP contribution in [0.15, 0.2) is 35.5 Å². The first-order valence-electron chi connectivity index (χ1n) is 12.0. The molecule has 4 amide bonds. The van der Waals surface area contributed by atoms with Crippen molar-refractivity contribution < 1.29 is 14.4 Å². The molecular weight excluding hydrogens is 450 g/mol. The first-order chi connectivity index (χ1) is 16.3. The van der Waals surface area contributed by atoms with Crippen molar-refractivity contribution >= 4 is 29.6 Å². The highest BCUT2D eigenvalue weighted by molar-refractivity contribution is 7.99. The number of hydrazine groups is 1. The van der Waals surface area contributed by atoms with Crippen LogP contribution in [0.25, 0.3) is 0 Å². The Morgan fingerprint density at radius 3 is 2.59 bits per heavy atom. The molecule has 2 aromatic rings. The van der Waals surface area contributed by atoms with E-state index in [1.165, 1.54) is 31.0 Å². The number of benzene rings is 1. The highest BCUT2D eigenvalue weighted by atomic mass is 32.2. The lowest BCUT2D eigenvalue weighted by Crippen LogP contribution is -2.49. The van der Waals surface area contributed by atoms with E-state index in [1.54, 1.807) is 6.92 Å². The molecule has 1 aliphatic heterocycles. The van der Waals surface area contributed by atoms with E-state index in [4.69, 9.17) is 0 Å². The number of imidazole rings is 1. The highest BCUT2D eigenvalue weighted by Crippen LogP contribution is 2.34. The summed E-state index contributed by atoms with van der Waals surface area (Å²) >= 11 is 1.35.